The summed E-state index contributed by atoms with van der Waals surface area (Å²) in [5.74, 6) is 2.20. The Hall–Kier alpha value is -1.75. The number of ether oxygens (including phenoxy) is 1. The van der Waals surface area contributed by atoms with Crippen LogP contribution in [0.1, 0.15) is 19.3 Å². The third-order valence-corrected chi connectivity index (χ3v) is 4.64. The van der Waals surface area contributed by atoms with Gasteiger partial charge in [-0.1, -0.05) is 12.1 Å². The first kappa shape index (κ1) is 14.2. The zero-order valence-electron chi connectivity index (χ0n) is 12.4. The summed E-state index contributed by atoms with van der Waals surface area (Å²) in [7, 11) is 1.60. The molecule has 2 amide bonds. The van der Waals surface area contributed by atoms with Crippen molar-refractivity contribution >= 4 is 11.7 Å². The molecular formula is C16H23N3O2. The minimum absolute atomic E-state index is 0.145. The number of para-hydroxylation sites is 2. The van der Waals surface area contributed by atoms with Crippen LogP contribution in [0, 0.1) is 11.8 Å². The maximum absolute atomic E-state index is 12.1. The predicted octanol–water partition coefficient (Wildman–Crippen LogP) is 2.20. The zero-order chi connectivity index (χ0) is 14.7. The second-order valence-electron chi connectivity index (χ2n) is 5.99. The molecule has 3 N–H and O–H groups in total. The van der Waals surface area contributed by atoms with Crippen molar-refractivity contribution in [2.45, 2.75) is 25.3 Å². The van der Waals surface area contributed by atoms with Gasteiger partial charge in [0.2, 0.25) is 0 Å². The Morgan fingerprint density at radius 3 is 2.90 bits per heavy atom. The standard InChI is InChI=1S/C16H23N3O2/c1-21-15-5-3-2-4-14(15)19-16(20)18-13-7-6-11-9-17-10-12(11)8-13/h2-5,11-13,17H,6-10H2,1H3,(H2,18,19,20)/t11-,12+,13?/m0/s1. The lowest BCUT2D eigenvalue weighted by Gasteiger charge is -2.31. The Morgan fingerprint density at radius 2 is 2.05 bits per heavy atom. The predicted molar refractivity (Wildman–Crippen MR) is 82.6 cm³/mol. The van der Waals surface area contributed by atoms with E-state index >= 15 is 0 Å². The number of fused-ring (bicyclic) bond motifs is 1. The summed E-state index contributed by atoms with van der Waals surface area (Å²) in [5.41, 5.74) is 0.703. The van der Waals surface area contributed by atoms with E-state index in [1.807, 2.05) is 24.3 Å². The lowest BCUT2D eigenvalue weighted by molar-refractivity contribution is 0.224. The third-order valence-electron chi connectivity index (χ3n) is 4.64. The first-order valence-electron chi connectivity index (χ1n) is 7.67. The lowest BCUT2D eigenvalue weighted by atomic mass is 9.79. The highest BCUT2D eigenvalue weighted by Gasteiger charge is 2.34. The van der Waals surface area contributed by atoms with Gasteiger partial charge in [0, 0.05) is 6.04 Å². The van der Waals surface area contributed by atoms with Gasteiger partial charge in [0.25, 0.3) is 0 Å². The molecular weight excluding hydrogens is 266 g/mol. The summed E-state index contributed by atoms with van der Waals surface area (Å²) in [5, 5.41) is 9.42. The van der Waals surface area contributed by atoms with Crippen LogP contribution in [0.15, 0.2) is 24.3 Å². The highest BCUT2D eigenvalue weighted by Crippen LogP contribution is 2.32. The van der Waals surface area contributed by atoms with E-state index < -0.39 is 0 Å². The van der Waals surface area contributed by atoms with Gasteiger partial charge in [0.1, 0.15) is 5.75 Å². The molecule has 1 aliphatic heterocycles. The van der Waals surface area contributed by atoms with Gasteiger partial charge in [0.05, 0.1) is 12.8 Å². The maximum Gasteiger partial charge on any atom is 0.319 e. The second-order valence-corrected chi connectivity index (χ2v) is 5.99. The molecule has 1 heterocycles. The smallest absolute Gasteiger partial charge is 0.319 e. The van der Waals surface area contributed by atoms with Gasteiger partial charge < -0.3 is 20.7 Å². The number of nitrogens with one attached hydrogen (secondary N) is 3. The molecule has 1 unspecified atom stereocenters. The molecule has 1 aliphatic carbocycles. The van der Waals surface area contributed by atoms with Crippen LogP contribution in [-0.2, 0) is 0 Å². The van der Waals surface area contributed by atoms with Gasteiger partial charge in [-0.25, -0.2) is 4.79 Å². The number of anilines is 1. The van der Waals surface area contributed by atoms with Gasteiger partial charge in [0.15, 0.2) is 0 Å². The van der Waals surface area contributed by atoms with Crippen LogP contribution in [0.2, 0.25) is 0 Å². The van der Waals surface area contributed by atoms with Crippen LogP contribution in [0.5, 0.6) is 5.75 Å². The lowest BCUT2D eigenvalue weighted by Crippen LogP contribution is -2.42. The van der Waals surface area contributed by atoms with Gasteiger partial charge in [-0.05, 0) is 56.3 Å². The Kier molecular flexibility index (Phi) is 4.29. The highest BCUT2D eigenvalue weighted by molar-refractivity contribution is 5.91. The molecule has 1 saturated carbocycles. The number of benzene rings is 1. The Labute approximate surface area is 125 Å². The third kappa shape index (κ3) is 3.29. The molecule has 0 bridgehead atoms. The minimum atomic E-state index is -0.145. The Balaban J connectivity index is 1.54. The quantitative estimate of drug-likeness (QED) is 0.799. The number of rotatable bonds is 3. The summed E-state index contributed by atoms with van der Waals surface area (Å²) >= 11 is 0. The normalized spacial score (nSPS) is 27.8. The van der Waals surface area contributed by atoms with E-state index in [4.69, 9.17) is 4.74 Å². The molecule has 3 rings (SSSR count). The molecule has 2 fully saturated rings. The maximum atomic E-state index is 12.1. The van der Waals surface area contributed by atoms with E-state index in [0.29, 0.717) is 11.4 Å². The molecule has 5 nitrogen and oxygen atoms in total. The molecule has 5 heteroatoms. The topological polar surface area (TPSA) is 62.4 Å². The van der Waals surface area contributed by atoms with E-state index in [2.05, 4.69) is 16.0 Å². The Bertz CT molecular complexity index is 506. The van der Waals surface area contributed by atoms with Crippen molar-refractivity contribution in [2.75, 3.05) is 25.5 Å². The van der Waals surface area contributed by atoms with Crippen molar-refractivity contribution in [1.29, 1.82) is 0 Å². The average molecular weight is 289 g/mol. The number of carbonyl (C=O) groups excluding carboxylic acids is 1. The fourth-order valence-electron chi connectivity index (χ4n) is 3.52. The minimum Gasteiger partial charge on any atom is -0.495 e. The van der Waals surface area contributed by atoms with Crippen molar-refractivity contribution in [2.24, 2.45) is 11.8 Å². The van der Waals surface area contributed by atoms with E-state index in [1.54, 1.807) is 7.11 Å². The summed E-state index contributed by atoms with van der Waals surface area (Å²) in [4.78, 5) is 12.1. The average Bonchev–Trinajstić information content (AvgIpc) is 2.95. The first-order chi connectivity index (χ1) is 10.3. The van der Waals surface area contributed by atoms with E-state index in [1.165, 1.54) is 6.42 Å². The van der Waals surface area contributed by atoms with Gasteiger partial charge in [-0.15, -0.1) is 0 Å². The zero-order valence-corrected chi connectivity index (χ0v) is 12.4. The van der Waals surface area contributed by atoms with E-state index in [0.717, 1.165) is 37.8 Å². The molecule has 1 aromatic rings. The van der Waals surface area contributed by atoms with Crippen LogP contribution in [-0.4, -0.2) is 32.3 Å². The molecule has 3 atom stereocenters. The molecule has 2 aliphatic rings. The van der Waals surface area contributed by atoms with Crippen molar-refractivity contribution in [1.82, 2.24) is 10.6 Å². The van der Waals surface area contributed by atoms with Crippen molar-refractivity contribution in [3.63, 3.8) is 0 Å². The van der Waals surface area contributed by atoms with Crippen molar-refractivity contribution in [3.05, 3.63) is 24.3 Å². The summed E-state index contributed by atoms with van der Waals surface area (Å²) in [6.07, 6.45) is 3.36. The number of hydrogen-bond donors (Lipinski definition) is 3. The van der Waals surface area contributed by atoms with Crippen LogP contribution in [0.25, 0.3) is 0 Å². The largest absolute Gasteiger partial charge is 0.495 e. The first-order valence-corrected chi connectivity index (χ1v) is 7.67. The van der Waals surface area contributed by atoms with Gasteiger partial charge in [-0.3, -0.25) is 0 Å². The number of carbonyl (C=O) groups is 1. The van der Waals surface area contributed by atoms with Crippen LogP contribution in [0.3, 0.4) is 0 Å². The Morgan fingerprint density at radius 1 is 1.24 bits per heavy atom. The number of urea groups is 1. The molecule has 1 aromatic carbocycles. The molecule has 0 radical (unpaired) electrons. The van der Waals surface area contributed by atoms with Crippen LogP contribution >= 0.6 is 0 Å². The van der Waals surface area contributed by atoms with Gasteiger partial charge >= 0.3 is 6.03 Å². The number of hydrogen-bond acceptors (Lipinski definition) is 3. The van der Waals surface area contributed by atoms with Crippen LogP contribution < -0.4 is 20.7 Å². The van der Waals surface area contributed by atoms with Crippen molar-refractivity contribution in [3.8, 4) is 5.75 Å². The van der Waals surface area contributed by atoms with E-state index in [9.17, 15) is 4.79 Å². The van der Waals surface area contributed by atoms with Gasteiger partial charge in [-0.2, -0.15) is 0 Å². The number of amides is 2. The highest BCUT2D eigenvalue weighted by atomic mass is 16.5. The SMILES string of the molecule is COc1ccccc1NC(=O)NC1CC[C@H]2CNC[C@H]2C1. The fraction of sp³-hybridized carbons (Fsp3) is 0.562. The fourth-order valence-corrected chi connectivity index (χ4v) is 3.52. The molecule has 21 heavy (non-hydrogen) atoms. The molecule has 0 spiro atoms. The van der Waals surface area contributed by atoms with E-state index in [-0.39, 0.29) is 12.1 Å². The summed E-state index contributed by atoms with van der Waals surface area (Å²) in [6.45, 7) is 2.24. The summed E-state index contributed by atoms with van der Waals surface area (Å²) < 4.78 is 5.24. The van der Waals surface area contributed by atoms with Crippen molar-refractivity contribution < 1.29 is 9.53 Å². The number of methoxy groups -OCH3 is 1. The molecule has 0 aromatic heterocycles. The summed E-state index contributed by atoms with van der Waals surface area (Å²) in [6, 6.07) is 7.58. The van der Waals surface area contributed by atoms with Crippen LogP contribution in [0.4, 0.5) is 10.5 Å². The monoisotopic (exact) mass is 289 g/mol. The second kappa shape index (κ2) is 6.35. The molecule has 1 saturated heterocycles. The molecule has 114 valence electrons.